The van der Waals surface area contributed by atoms with Gasteiger partial charge in [0.2, 0.25) is 0 Å². The second-order valence-electron chi connectivity index (χ2n) is 5.66. The van der Waals surface area contributed by atoms with Crippen molar-refractivity contribution >= 4 is 16.9 Å². The number of aryl methyl sites for hydroxylation is 1. The van der Waals surface area contributed by atoms with Gasteiger partial charge in [-0.1, -0.05) is 6.92 Å². The molecule has 0 aromatic carbocycles. The van der Waals surface area contributed by atoms with E-state index in [-0.39, 0.29) is 11.9 Å². The van der Waals surface area contributed by atoms with Gasteiger partial charge in [-0.25, -0.2) is 9.67 Å². The molecule has 0 radical (unpaired) electrons. The first-order valence-corrected chi connectivity index (χ1v) is 7.71. The molecule has 0 spiro atoms. The van der Waals surface area contributed by atoms with E-state index in [0.29, 0.717) is 12.1 Å². The zero-order valence-electron chi connectivity index (χ0n) is 13.5. The average molecular weight is 312 g/mol. The lowest BCUT2D eigenvalue weighted by atomic mass is 10.1. The summed E-state index contributed by atoms with van der Waals surface area (Å²) in [6.45, 7) is 6.49. The number of H-pyrrole nitrogens is 1. The minimum absolute atomic E-state index is 0.140. The number of nitrogens with zero attached hydrogens (tertiary/aromatic N) is 4. The van der Waals surface area contributed by atoms with Crippen molar-refractivity contribution in [2.24, 2.45) is 0 Å². The Morgan fingerprint density at radius 1 is 1.48 bits per heavy atom. The lowest BCUT2D eigenvalue weighted by Crippen LogP contribution is -2.23. The van der Waals surface area contributed by atoms with E-state index in [1.165, 1.54) is 0 Å². The van der Waals surface area contributed by atoms with Gasteiger partial charge in [0.1, 0.15) is 0 Å². The topological polar surface area (TPSA) is 88.5 Å². The summed E-state index contributed by atoms with van der Waals surface area (Å²) < 4.78 is 1.88. The summed E-state index contributed by atoms with van der Waals surface area (Å²) in [5, 5.41) is 14.8. The number of carbonyl (C=O) groups excluding carboxylic acids is 1. The number of aromatic amines is 1. The summed E-state index contributed by atoms with van der Waals surface area (Å²) >= 11 is 0. The van der Waals surface area contributed by atoms with Gasteiger partial charge in [-0.2, -0.15) is 10.2 Å². The van der Waals surface area contributed by atoms with Gasteiger partial charge in [-0.15, -0.1) is 0 Å². The normalized spacial score (nSPS) is 12.5. The third-order valence-electron chi connectivity index (χ3n) is 3.95. The molecule has 2 N–H and O–H groups in total. The van der Waals surface area contributed by atoms with Crippen LogP contribution in [0.4, 0.5) is 0 Å². The summed E-state index contributed by atoms with van der Waals surface area (Å²) in [5.74, 6) is -0.140. The SMILES string of the molecule is CCC(C)n1ncc2c(C(=O)NCc3ccn[nH]3)cc(C)nc21. The van der Waals surface area contributed by atoms with Crippen LogP contribution in [0.2, 0.25) is 0 Å². The van der Waals surface area contributed by atoms with E-state index < -0.39 is 0 Å². The zero-order valence-corrected chi connectivity index (χ0v) is 13.5. The van der Waals surface area contributed by atoms with Gasteiger partial charge in [0.15, 0.2) is 5.65 Å². The monoisotopic (exact) mass is 312 g/mol. The highest BCUT2D eigenvalue weighted by atomic mass is 16.1. The predicted octanol–water partition coefficient (Wildman–Crippen LogP) is 2.36. The molecule has 3 heterocycles. The fraction of sp³-hybridized carbons (Fsp3) is 0.375. The summed E-state index contributed by atoms with van der Waals surface area (Å²) in [6.07, 6.45) is 4.33. The molecule has 3 aromatic rings. The standard InChI is InChI=1S/C16H20N6O/c1-4-11(3)22-15-14(9-19-22)13(7-10(2)20-15)16(23)17-8-12-5-6-18-21-12/h5-7,9,11H,4,8H2,1-3H3,(H,17,23)(H,18,21). The molecule has 7 nitrogen and oxygen atoms in total. The molecule has 0 aliphatic carbocycles. The Morgan fingerprint density at radius 2 is 2.30 bits per heavy atom. The van der Waals surface area contributed by atoms with Crippen molar-refractivity contribution < 1.29 is 4.79 Å². The summed E-state index contributed by atoms with van der Waals surface area (Å²) in [7, 11) is 0. The van der Waals surface area contributed by atoms with E-state index >= 15 is 0 Å². The summed E-state index contributed by atoms with van der Waals surface area (Å²) in [6, 6.07) is 3.87. The molecule has 0 saturated carbocycles. The number of hydrogen-bond acceptors (Lipinski definition) is 4. The van der Waals surface area contributed by atoms with Crippen molar-refractivity contribution in [1.29, 1.82) is 0 Å². The largest absolute Gasteiger partial charge is 0.346 e. The molecular formula is C16H20N6O. The van der Waals surface area contributed by atoms with Crippen molar-refractivity contribution in [3.63, 3.8) is 0 Å². The number of amides is 1. The van der Waals surface area contributed by atoms with E-state index in [9.17, 15) is 4.79 Å². The number of aromatic nitrogens is 5. The van der Waals surface area contributed by atoms with Crippen LogP contribution in [-0.2, 0) is 6.54 Å². The van der Waals surface area contributed by atoms with Gasteiger partial charge in [-0.05, 0) is 32.4 Å². The molecule has 3 rings (SSSR count). The molecule has 3 aromatic heterocycles. The molecule has 23 heavy (non-hydrogen) atoms. The van der Waals surface area contributed by atoms with Gasteiger partial charge >= 0.3 is 0 Å². The Hall–Kier alpha value is -2.70. The fourth-order valence-corrected chi connectivity index (χ4v) is 2.48. The minimum Gasteiger partial charge on any atom is -0.346 e. The van der Waals surface area contributed by atoms with Crippen molar-refractivity contribution in [1.82, 2.24) is 30.3 Å². The Balaban J connectivity index is 1.93. The zero-order chi connectivity index (χ0) is 16.4. The Kier molecular flexibility index (Phi) is 4.10. The van der Waals surface area contributed by atoms with Crippen molar-refractivity contribution in [2.45, 2.75) is 39.8 Å². The van der Waals surface area contributed by atoms with E-state index in [1.807, 2.05) is 17.7 Å². The van der Waals surface area contributed by atoms with E-state index in [1.54, 1.807) is 18.5 Å². The van der Waals surface area contributed by atoms with Crippen LogP contribution in [0.25, 0.3) is 11.0 Å². The Morgan fingerprint density at radius 3 is 3.00 bits per heavy atom. The van der Waals surface area contributed by atoms with Gasteiger partial charge in [0, 0.05) is 11.9 Å². The van der Waals surface area contributed by atoms with Crippen molar-refractivity contribution in [2.75, 3.05) is 0 Å². The van der Waals surface area contributed by atoms with E-state index in [0.717, 1.165) is 28.8 Å². The number of pyridine rings is 1. The van der Waals surface area contributed by atoms with Gasteiger partial charge < -0.3 is 5.32 Å². The van der Waals surface area contributed by atoms with Crippen LogP contribution >= 0.6 is 0 Å². The lowest BCUT2D eigenvalue weighted by Gasteiger charge is -2.11. The molecule has 1 atom stereocenters. The van der Waals surface area contributed by atoms with Gasteiger partial charge in [0.25, 0.3) is 5.91 Å². The highest BCUT2D eigenvalue weighted by molar-refractivity contribution is 6.05. The number of hydrogen-bond donors (Lipinski definition) is 2. The van der Waals surface area contributed by atoms with Crippen molar-refractivity contribution in [3.05, 3.63) is 41.5 Å². The van der Waals surface area contributed by atoms with Crippen molar-refractivity contribution in [3.8, 4) is 0 Å². The van der Waals surface area contributed by atoms with Gasteiger partial charge in [0.05, 0.1) is 35.4 Å². The lowest BCUT2D eigenvalue weighted by molar-refractivity contribution is 0.0952. The molecule has 0 aliphatic heterocycles. The fourth-order valence-electron chi connectivity index (χ4n) is 2.48. The summed E-state index contributed by atoms with van der Waals surface area (Å²) in [5.41, 5.74) is 3.01. The second-order valence-corrected chi connectivity index (χ2v) is 5.66. The van der Waals surface area contributed by atoms with E-state index in [4.69, 9.17) is 0 Å². The number of rotatable bonds is 5. The molecule has 0 fully saturated rings. The molecule has 1 unspecified atom stereocenters. The highest BCUT2D eigenvalue weighted by Gasteiger charge is 2.17. The van der Waals surface area contributed by atoms with Crippen LogP contribution in [0.1, 0.15) is 48.1 Å². The molecule has 1 amide bonds. The maximum Gasteiger partial charge on any atom is 0.252 e. The van der Waals surface area contributed by atoms with Crippen LogP contribution in [-0.4, -0.2) is 30.9 Å². The summed E-state index contributed by atoms with van der Waals surface area (Å²) in [4.78, 5) is 17.1. The van der Waals surface area contributed by atoms with Crippen LogP contribution in [0, 0.1) is 6.92 Å². The van der Waals surface area contributed by atoms with Crippen LogP contribution in [0.15, 0.2) is 24.5 Å². The van der Waals surface area contributed by atoms with Gasteiger partial charge in [-0.3, -0.25) is 9.89 Å². The first kappa shape index (κ1) is 15.2. The highest BCUT2D eigenvalue weighted by Crippen LogP contribution is 2.22. The molecular weight excluding hydrogens is 292 g/mol. The average Bonchev–Trinajstić information content (AvgIpc) is 3.20. The molecule has 0 bridgehead atoms. The number of carbonyl (C=O) groups is 1. The smallest absolute Gasteiger partial charge is 0.252 e. The maximum atomic E-state index is 12.5. The van der Waals surface area contributed by atoms with E-state index in [2.05, 4.69) is 39.4 Å². The number of fused-ring (bicyclic) bond motifs is 1. The maximum absolute atomic E-state index is 12.5. The minimum atomic E-state index is -0.140. The molecule has 0 saturated heterocycles. The van der Waals surface area contributed by atoms with Crippen LogP contribution in [0.3, 0.4) is 0 Å². The molecule has 7 heteroatoms. The first-order valence-electron chi connectivity index (χ1n) is 7.71. The third kappa shape index (κ3) is 2.94. The predicted molar refractivity (Wildman–Crippen MR) is 87.0 cm³/mol. The Labute approximate surface area is 134 Å². The van der Waals surface area contributed by atoms with Crippen LogP contribution in [0.5, 0.6) is 0 Å². The second kappa shape index (κ2) is 6.20. The van der Waals surface area contributed by atoms with Crippen LogP contribution < -0.4 is 5.32 Å². The third-order valence-corrected chi connectivity index (χ3v) is 3.95. The molecule has 0 aliphatic rings. The quantitative estimate of drug-likeness (QED) is 0.757. The first-order chi connectivity index (χ1) is 11.1. The Bertz CT molecular complexity index is 821. The number of nitrogens with one attached hydrogen (secondary N) is 2. The molecule has 120 valence electrons.